The Morgan fingerprint density at radius 2 is 1.58 bits per heavy atom. The third-order valence-electron chi connectivity index (χ3n) is 3.31. The third-order valence-corrected chi connectivity index (χ3v) is 3.31. The summed E-state index contributed by atoms with van der Waals surface area (Å²) < 4.78 is 26.8. The molecule has 19 heavy (non-hydrogen) atoms. The van der Waals surface area contributed by atoms with Gasteiger partial charge in [0.1, 0.15) is 0 Å². The van der Waals surface area contributed by atoms with Gasteiger partial charge in [-0.15, -0.1) is 0 Å². The van der Waals surface area contributed by atoms with Crippen molar-refractivity contribution in [3.05, 3.63) is 70.8 Å². The zero-order chi connectivity index (χ0) is 13.4. The lowest BCUT2D eigenvalue weighted by Crippen LogP contribution is -2.26. The second-order valence-electron chi connectivity index (χ2n) is 4.53. The average Bonchev–Trinajstić information content (AvgIpc) is 2.85. The van der Waals surface area contributed by atoms with Crippen LogP contribution in [0.3, 0.4) is 0 Å². The van der Waals surface area contributed by atoms with E-state index in [1.807, 2.05) is 24.3 Å². The Labute approximate surface area is 109 Å². The largest absolute Gasteiger partial charge is 0.330 e. The molecule has 0 radical (unpaired) electrons. The summed E-state index contributed by atoms with van der Waals surface area (Å²) in [4.78, 5) is 13.7. The maximum Gasteiger partial charge on any atom is 0.257 e. The zero-order valence-electron chi connectivity index (χ0n) is 10.1. The lowest BCUT2D eigenvalue weighted by atomic mass is 10.1. The SMILES string of the molecule is O=C(c1cccc(F)c1F)N1Cc2ccccc2C1. The monoisotopic (exact) mass is 259 g/mol. The van der Waals surface area contributed by atoms with Gasteiger partial charge in [0.25, 0.3) is 5.91 Å². The van der Waals surface area contributed by atoms with Crippen LogP contribution in [-0.4, -0.2) is 10.8 Å². The second-order valence-corrected chi connectivity index (χ2v) is 4.53. The van der Waals surface area contributed by atoms with Crippen molar-refractivity contribution in [2.24, 2.45) is 0 Å². The molecule has 96 valence electrons. The molecule has 4 heteroatoms. The molecule has 0 N–H and O–H groups in total. The van der Waals surface area contributed by atoms with Crippen LogP contribution in [0.1, 0.15) is 21.5 Å². The Bertz CT molecular complexity index is 629. The number of nitrogens with zero attached hydrogens (tertiary/aromatic N) is 1. The standard InChI is InChI=1S/C15H11F2NO/c16-13-7-3-6-12(14(13)17)15(19)18-8-10-4-1-2-5-11(10)9-18/h1-7H,8-9H2. The van der Waals surface area contributed by atoms with E-state index in [9.17, 15) is 13.6 Å². The van der Waals surface area contributed by atoms with Gasteiger partial charge < -0.3 is 4.90 Å². The normalized spacial score (nSPS) is 13.5. The summed E-state index contributed by atoms with van der Waals surface area (Å²) in [7, 11) is 0. The molecule has 0 unspecified atom stereocenters. The number of rotatable bonds is 1. The number of carbonyl (C=O) groups is 1. The Kier molecular flexibility index (Phi) is 2.78. The Morgan fingerprint density at radius 3 is 2.21 bits per heavy atom. The molecule has 2 aromatic rings. The lowest BCUT2D eigenvalue weighted by molar-refractivity contribution is 0.0745. The minimum absolute atomic E-state index is 0.215. The molecule has 2 nitrogen and oxygen atoms in total. The quantitative estimate of drug-likeness (QED) is 0.770. The van der Waals surface area contributed by atoms with E-state index in [-0.39, 0.29) is 5.56 Å². The van der Waals surface area contributed by atoms with E-state index in [1.165, 1.54) is 17.0 Å². The summed E-state index contributed by atoms with van der Waals surface area (Å²) in [5.41, 5.74) is 1.88. The molecule has 0 saturated heterocycles. The van der Waals surface area contributed by atoms with E-state index in [4.69, 9.17) is 0 Å². The van der Waals surface area contributed by atoms with Crippen LogP contribution in [0.5, 0.6) is 0 Å². The van der Waals surface area contributed by atoms with Crippen LogP contribution < -0.4 is 0 Å². The molecule has 1 aliphatic heterocycles. The molecule has 0 bridgehead atoms. The smallest absolute Gasteiger partial charge is 0.257 e. The number of halogens is 2. The van der Waals surface area contributed by atoms with E-state index < -0.39 is 17.5 Å². The van der Waals surface area contributed by atoms with Gasteiger partial charge in [-0.05, 0) is 23.3 Å². The van der Waals surface area contributed by atoms with Gasteiger partial charge in [0.15, 0.2) is 11.6 Å². The van der Waals surface area contributed by atoms with Crippen molar-refractivity contribution >= 4 is 5.91 Å². The molecule has 1 heterocycles. The Morgan fingerprint density at radius 1 is 0.947 bits per heavy atom. The van der Waals surface area contributed by atoms with Gasteiger partial charge >= 0.3 is 0 Å². The summed E-state index contributed by atoms with van der Waals surface area (Å²) in [6, 6.07) is 11.3. The second kappa shape index (κ2) is 4.46. The number of amides is 1. The Balaban J connectivity index is 1.89. The molecule has 0 saturated carbocycles. The first kappa shape index (κ1) is 11.8. The molecule has 1 aliphatic rings. The van der Waals surface area contributed by atoms with Crippen molar-refractivity contribution in [3.63, 3.8) is 0 Å². The van der Waals surface area contributed by atoms with Gasteiger partial charge in [-0.2, -0.15) is 0 Å². The zero-order valence-corrected chi connectivity index (χ0v) is 10.1. The highest BCUT2D eigenvalue weighted by Crippen LogP contribution is 2.25. The van der Waals surface area contributed by atoms with E-state index in [0.717, 1.165) is 17.2 Å². The van der Waals surface area contributed by atoms with Gasteiger partial charge in [0.05, 0.1) is 5.56 Å². The molecular formula is C15H11F2NO. The minimum atomic E-state index is -1.08. The number of carbonyl (C=O) groups excluding carboxylic acids is 1. The van der Waals surface area contributed by atoms with Crippen LogP contribution in [0.25, 0.3) is 0 Å². The molecular weight excluding hydrogens is 248 g/mol. The van der Waals surface area contributed by atoms with Crippen LogP contribution in [0.4, 0.5) is 8.78 Å². The van der Waals surface area contributed by atoms with Crippen molar-refractivity contribution in [2.75, 3.05) is 0 Å². The summed E-state index contributed by atoms with van der Waals surface area (Å²) in [5.74, 6) is -2.56. The van der Waals surface area contributed by atoms with Crippen molar-refractivity contribution < 1.29 is 13.6 Å². The van der Waals surface area contributed by atoms with Crippen molar-refractivity contribution in [3.8, 4) is 0 Å². The van der Waals surface area contributed by atoms with Gasteiger partial charge in [-0.1, -0.05) is 30.3 Å². The number of benzene rings is 2. The first-order valence-corrected chi connectivity index (χ1v) is 5.97. The van der Waals surface area contributed by atoms with Gasteiger partial charge in [-0.25, -0.2) is 8.78 Å². The summed E-state index contributed by atoms with van der Waals surface area (Å²) >= 11 is 0. The van der Waals surface area contributed by atoms with Gasteiger partial charge in [0.2, 0.25) is 0 Å². The first-order chi connectivity index (χ1) is 9.16. The highest BCUT2D eigenvalue weighted by molar-refractivity contribution is 5.94. The number of hydrogen-bond acceptors (Lipinski definition) is 1. The molecule has 0 atom stereocenters. The van der Waals surface area contributed by atoms with Crippen LogP contribution in [0.15, 0.2) is 42.5 Å². The van der Waals surface area contributed by atoms with Crippen molar-refractivity contribution in [1.29, 1.82) is 0 Å². The van der Waals surface area contributed by atoms with E-state index in [1.54, 1.807) is 0 Å². The maximum atomic E-state index is 13.6. The van der Waals surface area contributed by atoms with E-state index in [2.05, 4.69) is 0 Å². The minimum Gasteiger partial charge on any atom is -0.330 e. The van der Waals surface area contributed by atoms with Crippen molar-refractivity contribution in [1.82, 2.24) is 4.90 Å². The Hall–Kier alpha value is -2.23. The summed E-state index contributed by atoms with van der Waals surface area (Å²) in [5, 5.41) is 0. The average molecular weight is 259 g/mol. The molecule has 0 aromatic heterocycles. The fourth-order valence-corrected chi connectivity index (χ4v) is 2.32. The fraction of sp³-hybridized carbons (Fsp3) is 0.133. The molecule has 3 rings (SSSR count). The number of hydrogen-bond donors (Lipinski definition) is 0. The molecule has 0 spiro atoms. The highest BCUT2D eigenvalue weighted by Gasteiger charge is 2.26. The predicted molar refractivity (Wildman–Crippen MR) is 66.4 cm³/mol. The fourth-order valence-electron chi connectivity index (χ4n) is 2.32. The van der Waals surface area contributed by atoms with Gasteiger partial charge in [0, 0.05) is 13.1 Å². The van der Waals surface area contributed by atoms with Crippen LogP contribution >= 0.6 is 0 Å². The first-order valence-electron chi connectivity index (χ1n) is 5.97. The number of fused-ring (bicyclic) bond motifs is 1. The topological polar surface area (TPSA) is 20.3 Å². The van der Waals surface area contributed by atoms with Crippen LogP contribution in [0.2, 0.25) is 0 Å². The molecule has 1 amide bonds. The van der Waals surface area contributed by atoms with E-state index in [0.29, 0.717) is 13.1 Å². The van der Waals surface area contributed by atoms with Crippen molar-refractivity contribution in [2.45, 2.75) is 13.1 Å². The summed E-state index contributed by atoms with van der Waals surface area (Å²) in [6.07, 6.45) is 0. The van der Waals surface area contributed by atoms with Gasteiger partial charge in [-0.3, -0.25) is 4.79 Å². The maximum absolute atomic E-state index is 13.6. The summed E-state index contributed by atoms with van der Waals surface area (Å²) in [6.45, 7) is 0.871. The predicted octanol–water partition coefficient (Wildman–Crippen LogP) is 3.12. The lowest BCUT2D eigenvalue weighted by Gasteiger charge is -2.15. The van der Waals surface area contributed by atoms with Crippen LogP contribution in [0, 0.1) is 11.6 Å². The highest BCUT2D eigenvalue weighted by atomic mass is 19.2. The molecule has 0 aliphatic carbocycles. The van der Waals surface area contributed by atoms with Crippen LogP contribution in [-0.2, 0) is 13.1 Å². The third kappa shape index (κ3) is 1.99. The molecule has 0 fully saturated rings. The van der Waals surface area contributed by atoms with E-state index >= 15 is 0 Å². The molecule has 2 aromatic carbocycles.